The van der Waals surface area contributed by atoms with E-state index in [0.717, 1.165) is 5.56 Å². The van der Waals surface area contributed by atoms with Crippen molar-refractivity contribution in [3.63, 3.8) is 0 Å². The molecule has 9 heteroatoms. The van der Waals surface area contributed by atoms with Crippen LogP contribution in [0.5, 0.6) is 0 Å². The fourth-order valence-corrected chi connectivity index (χ4v) is 2.77. The Kier molecular flexibility index (Phi) is 3.10. The molecule has 21 heavy (non-hydrogen) atoms. The number of aromatic nitrogens is 4. The molecule has 0 unspecified atom stereocenters. The molecule has 0 spiro atoms. The van der Waals surface area contributed by atoms with E-state index in [2.05, 4.69) is 24.9 Å². The molecule has 8 nitrogen and oxygen atoms in total. The van der Waals surface area contributed by atoms with Crippen molar-refractivity contribution in [1.29, 1.82) is 0 Å². The molecule has 2 aromatic heterocycles. The van der Waals surface area contributed by atoms with E-state index < -0.39 is 10.0 Å². The third kappa shape index (κ3) is 2.72. The molecule has 1 aromatic carbocycles. The molecule has 0 radical (unpaired) electrons. The molecular formula is C12H11N5O3S. The van der Waals surface area contributed by atoms with Gasteiger partial charge in [0.2, 0.25) is 0 Å². The van der Waals surface area contributed by atoms with Crippen LogP contribution in [0.25, 0.3) is 11.3 Å². The molecule has 3 rings (SSSR count). The van der Waals surface area contributed by atoms with Gasteiger partial charge in [-0.2, -0.15) is 8.42 Å². The van der Waals surface area contributed by atoms with Crippen molar-refractivity contribution >= 4 is 15.7 Å². The lowest BCUT2D eigenvalue weighted by molar-refractivity contribution is 0.598. The lowest BCUT2D eigenvalue weighted by Crippen LogP contribution is -2.13. The van der Waals surface area contributed by atoms with E-state index in [1.807, 2.05) is 0 Å². The first kappa shape index (κ1) is 13.2. The zero-order chi connectivity index (χ0) is 14.9. The zero-order valence-electron chi connectivity index (χ0n) is 10.6. The number of imidazole rings is 1. The molecular weight excluding hydrogens is 294 g/mol. The number of aromatic amines is 3. The normalized spacial score (nSPS) is 11.4. The number of nitrogens with zero attached hydrogens (tertiary/aromatic N) is 1. The quantitative estimate of drug-likeness (QED) is 0.571. The monoisotopic (exact) mass is 305 g/mol. The van der Waals surface area contributed by atoms with Gasteiger partial charge in [0.15, 0.2) is 5.03 Å². The van der Waals surface area contributed by atoms with E-state index in [4.69, 9.17) is 0 Å². The molecule has 0 aliphatic carbocycles. The van der Waals surface area contributed by atoms with Gasteiger partial charge in [-0.3, -0.25) is 19.7 Å². The van der Waals surface area contributed by atoms with Crippen LogP contribution in [0.1, 0.15) is 0 Å². The summed E-state index contributed by atoms with van der Waals surface area (Å²) in [6.45, 7) is 0. The molecule has 3 aromatic rings. The van der Waals surface area contributed by atoms with Crippen LogP contribution < -0.4 is 10.3 Å². The van der Waals surface area contributed by atoms with Gasteiger partial charge in [0, 0.05) is 11.8 Å². The smallest absolute Gasteiger partial charge is 0.278 e. The maximum Gasteiger partial charge on any atom is 0.278 e. The van der Waals surface area contributed by atoms with Crippen molar-refractivity contribution in [2.75, 3.05) is 4.72 Å². The molecule has 0 bridgehead atoms. The second kappa shape index (κ2) is 4.94. The second-order valence-corrected chi connectivity index (χ2v) is 5.92. The summed E-state index contributed by atoms with van der Waals surface area (Å²) in [5.74, 6) is 0. The molecule has 0 atom stereocenters. The maximum atomic E-state index is 12.0. The van der Waals surface area contributed by atoms with E-state index in [0.29, 0.717) is 11.4 Å². The Morgan fingerprint density at radius 2 is 1.86 bits per heavy atom. The van der Waals surface area contributed by atoms with Gasteiger partial charge in [-0.15, -0.1) is 0 Å². The SMILES string of the molecule is O=c1cc(-c2ccc(NS(=O)(=O)c3cnc[nH]3)cc2)[nH][nH]1. The predicted molar refractivity (Wildman–Crippen MR) is 76.2 cm³/mol. The number of H-pyrrole nitrogens is 3. The van der Waals surface area contributed by atoms with Crippen LogP contribution in [0.15, 0.2) is 52.7 Å². The Balaban J connectivity index is 1.84. The third-order valence-corrected chi connectivity index (χ3v) is 4.11. The van der Waals surface area contributed by atoms with Gasteiger partial charge in [0.05, 0.1) is 18.2 Å². The molecule has 0 aliphatic rings. The third-order valence-electron chi connectivity index (χ3n) is 2.81. The highest BCUT2D eigenvalue weighted by molar-refractivity contribution is 7.92. The lowest BCUT2D eigenvalue weighted by atomic mass is 10.1. The van der Waals surface area contributed by atoms with Crippen molar-refractivity contribution in [2.45, 2.75) is 5.03 Å². The number of hydrogen-bond donors (Lipinski definition) is 4. The van der Waals surface area contributed by atoms with Crippen LogP contribution in [0.3, 0.4) is 0 Å². The van der Waals surface area contributed by atoms with Crippen LogP contribution in [-0.4, -0.2) is 28.6 Å². The Morgan fingerprint density at radius 3 is 2.43 bits per heavy atom. The highest BCUT2D eigenvalue weighted by Gasteiger charge is 2.15. The fraction of sp³-hybridized carbons (Fsp3) is 0. The largest absolute Gasteiger partial charge is 0.334 e. The van der Waals surface area contributed by atoms with E-state index >= 15 is 0 Å². The molecule has 0 fully saturated rings. The van der Waals surface area contributed by atoms with Gasteiger partial charge in [-0.25, -0.2) is 4.98 Å². The minimum Gasteiger partial charge on any atom is -0.334 e. The molecule has 108 valence electrons. The summed E-state index contributed by atoms with van der Waals surface area (Å²) in [5.41, 5.74) is 1.57. The molecule has 0 aliphatic heterocycles. The van der Waals surface area contributed by atoms with Gasteiger partial charge < -0.3 is 4.98 Å². The van der Waals surface area contributed by atoms with Gasteiger partial charge in [-0.05, 0) is 17.7 Å². The van der Waals surface area contributed by atoms with Crippen LogP contribution in [0.4, 0.5) is 5.69 Å². The molecule has 0 saturated heterocycles. The summed E-state index contributed by atoms with van der Waals surface area (Å²) < 4.78 is 26.4. The van der Waals surface area contributed by atoms with Crippen molar-refractivity contribution in [2.24, 2.45) is 0 Å². The number of sulfonamides is 1. The highest BCUT2D eigenvalue weighted by atomic mass is 32.2. The van der Waals surface area contributed by atoms with Crippen molar-refractivity contribution in [1.82, 2.24) is 20.2 Å². The molecule has 2 heterocycles. The zero-order valence-corrected chi connectivity index (χ0v) is 11.4. The number of nitrogens with one attached hydrogen (secondary N) is 4. The summed E-state index contributed by atoms with van der Waals surface area (Å²) in [5, 5.41) is 5.15. The first-order valence-electron chi connectivity index (χ1n) is 5.94. The van der Waals surface area contributed by atoms with Gasteiger partial charge in [0.1, 0.15) is 0 Å². The molecule has 0 saturated carbocycles. The number of rotatable bonds is 4. The van der Waals surface area contributed by atoms with E-state index in [9.17, 15) is 13.2 Å². The van der Waals surface area contributed by atoms with E-state index in [1.54, 1.807) is 24.3 Å². The standard InChI is InChI=1S/C12H11N5O3S/c18-11-5-10(15-16-11)8-1-3-9(4-2-8)17-21(19,20)12-6-13-7-14-12/h1-7,17H,(H,13,14)(H2,15,16,18). The average Bonchev–Trinajstić information content (AvgIpc) is 3.10. The van der Waals surface area contributed by atoms with Crippen molar-refractivity contribution in [3.05, 3.63) is 53.2 Å². The van der Waals surface area contributed by atoms with Crippen LogP contribution in [0, 0.1) is 0 Å². The maximum absolute atomic E-state index is 12.0. The Hall–Kier alpha value is -2.81. The summed E-state index contributed by atoms with van der Waals surface area (Å²) in [7, 11) is -3.68. The number of hydrogen-bond acceptors (Lipinski definition) is 4. The van der Waals surface area contributed by atoms with Crippen molar-refractivity contribution in [3.8, 4) is 11.3 Å². The first-order chi connectivity index (χ1) is 10.0. The summed E-state index contributed by atoms with van der Waals surface area (Å²) >= 11 is 0. The van der Waals surface area contributed by atoms with E-state index in [1.165, 1.54) is 18.6 Å². The Labute approximate surface area is 119 Å². The van der Waals surface area contributed by atoms with Crippen LogP contribution >= 0.6 is 0 Å². The van der Waals surface area contributed by atoms with Gasteiger partial charge >= 0.3 is 0 Å². The number of anilines is 1. The minimum absolute atomic E-state index is 0.0125. The topological polar surface area (TPSA) is 123 Å². The molecule has 4 N–H and O–H groups in total. The Morgan fingerprint density at radius 1 is 1.10 bits per heavy atom. The van der Waals surface area contributed by atoms with Crippen LogP contribution in [0.2, 0.25) is 0 Å². The average molecular weight is 305 g/mol. The van der Waals surface area contributed by atoms with Gasteiger partial charge in [0.25, 0.3) is 15.6 Å². The fourth-order valence-electron chi connectivity index (χ4n) is 1.81. The molecule has 0 amide bonds. The first-order valence-corrected chi connectivity index (χ1v) is 7.42. The Bertz CT molecular complexity index is 891. The van der Waals surface area contributed by atoms with Gasteiger partial charge in [-0.1, -0.05) is 12.1 Å². The summed E-state index contributed by atoms with van der Waals surface area (Å²) in [6.07, 6.45) is 2.52. The minimum atomic E-state index is -3.68. The summed E-state index contributed by atoms with van der Waals surface area (Å²) in [6, 6.07) is 8.03. The van der Waals surface area contributed by atoms with E-state index in [-0.39, 0.29) is 10.6 Å². The van der Waals surface area contributed by atoms with Crippen molar-refractivity contribution < 1.29 is 8.42 Å². The lowest BCUT2D eigenvalue weighted by Gasteiger charge is -2.06. The number of benzene rings is 1. The highest BCUT2D eigenvalue weighted by Crippen LogP contribution is 2.19. The second-order valence-electron chi connectivity index (χ2n) is 4.27. The predicted octanol–water partition coefficient (Wildman–Crippen LogP) is 0.894. The summed E-state index contributed by atoms with van der Waals surface area (Å²) in [4.78, 5) is 17.3. The van der Waals surface area contributed by atoms with Crippen LogP contribution in [-0.2, 0) is 10.0 Å².